The quantitative estimate of drug-likeness (QED) is 0.848. The van der Waals surface area contributed by atoms with Crippen LogP contribution in [0.2, 0.25) is 0 Å². The molecule has 0 saturated carbocycles. The first kappa shape index (κ1) is 12.1. The van der Waals surface area contributed by atoms with Gasteiger partial charge in [-0.1, -0.05) is 40.2 Å². The molecule has 2 rings (SSSR count). The van der Waals surface area contributed by atoms with E-state index in [0.717, 1.165) is 23.2 Å². The van der Waals surface area contributed by atoms with Gasteiger partial charge in [-0.3, -0.25) is 0 Å². The zero-order chi connectivity index (χ0) is 12.1. The lowest BCUT2D eigenvalue weighted by molar-refractivity contribution is 0.693. The number of hydrogen-bond donors (Lipinski definition) is 2. The number of nitrogens with two attached hydrogens (primary N) is 1. The molecule has 0 aliphatic rings. The number of nitrogen functional groups attached to an aromatic ring is 1. The molecule has 0 unspecified atom stereocenters. The lowest BCUT2D eigenvalue weighted by Crippen LogP contribution is -2.12. The average Bonchev–Trinajstić information content (AvgIpc) is 2.32. The monoisotopic (exact) mass is 290 g/mol. The molecule has 0 amide bonds. The molecule has 0 spiro atoms. The van der Waals surface area contributed by atoms with Crippen molar-refractivity contribution in [3.8, 4) is 0 Å². The highest BCUT2D eigenvalue weighted by Crippen LogP contribution is 2.11. The number of benzene rings is 2. The SMILES string of the molecule is Nc1cccc(CNCc2ccc(Br)cc2)c1. The molecule has 88 valence electrons. The van der Waals surface area contributed by atoms with Gasteiger partial charge >= 0.3 is 0 Å². The van der Waals surface area contributed by atoms with Crippen LogP contribution in [0.1, 0.15) is 11.1 Å². The first-order valence-electron chi connectivity index (χ1n) is 5.53. The van der Waals surface area contributed by atoms with Crippen molar-refractivity contribution < 1.29 is 0 Å². The Kier molecular flexibility index (Phi) is 4.18. The summed E-state index contributed by atoms with van der Waals surface area (Å²) >= 11 is 3.42. The van der Waals surface area contributed by atoms with Crippen molar-refractivity contribution in [1.82, 2.24) is 5.32 Å². The van der Waals surface area contributed by atoms with Crippen LogP contribution >= 0.6 is 15.9 Å². The second-order valence-electron chi connectivity index (χ2n) is 3.98. The van der Waals surface area contributed by atoms with E-state index >= 15 is 0 Å². The molecular weight excluding hydrogens is 276 g/mol. The topological polar surface area (TPSA) is 38.0 Å². The zero-order valence-corrected chi connectivity index (χ0v) is 11.1. The first-order chi connectivity index (χ1) is 8.24. The van der Waals surface area contributed by atoms with E-state index in [1.807, 2.05) is 18.2 Å². The number of halogens is 1. The summed E-state index contributed by atoms with van der Waals surface area (Å²) in [4.78, 5) is 0. The molecule has 3 heteroatoms. The third-order valence-electron chi connectivity index (χ3n) is 2.52. The summed E-state index contributed by atoms with van der Waals surface area (Å²) in [5.41, 5.74) is 9.02. The molecule has 2 nitrogen and oxygen atoms in total. The predicted molar refractivity (Wildman–Crippen MR) is 75.5 cm³/mol. The molecule has 0 aromatic heterocycles. The molecule has 0 heterocycles. The Morgan fingerprint density at radius 2 is 1.65 bits per heavy atom. The fourth-order valence-corrected chi connectivity index (χ4v) is 1.92. The second kappa shape index (κ2) is 5.84. The predicted octanol–water partition coefficient (Wildman–Crippen LogP) is 3.32. The smallest absolute Gasteiger partial charge is 0.0317 e. The van der Waals surface area contributed by atoms with Crippen LogP contribution in [0, 0.1) is 0 Å². The van der Waals surface area contributed by atoms with E-state index in [0.29, 0.717) is 0 Å². The Morgan fingerprint density at radius 1 is 0.941 bits per heavy atom. The third-order valence-corrected chi connectivity index (χ3v) is 3.05. The van der Waals surface area contributed by atoms with Crippen molar-refractivity contribution in [3.05, 3.63) is 64.1 Å². The third kappa shape index (κ3) is 3.88. The first-order valence-corrected chi connectivity index (χ1v) is 6.33. The van der Waals surface area contributed by atoms with Crippen molar-refractivity contribution in [2.75, 3.05) is 5.73 Å². The molecule has 17 heavy (non-hydrogen) atoms. The van der Waals surface area contributed by atoms with Gasteiger partial charge in [0.1, 0.15) is 0 Å². The summed E-state index contributed by atoms with van der Waals surface area (Å²) in [6, 6.07) is 16.3. The van der Waals surface area contributed by atoms with Crippen molar-refractivity contribution in [1.29, 1.82) is 0 Å². The van der Waals surface area contributed by atoms with Gasteiger partial charge in [0.25, 0.3) is 0 Å². The molecule has 0 aliphatic carbocycles. The van der Waals surface area contributed by atoms with Gasteiger partial charge in [-0.15, -0.1) is 0 Å². The van der Waals surface area contributed by atoms with E-state index in [1.165, 1.54) is 11.1 Å². The van der Waals surface area contributed by atoms with Gasteiger partial charge in [-0.25, -0.2) is 0 Å². The van der Waals surface area contributed by atoms with Crippen LogP contribution in [0.15, 0.2) is 53.0 Å². The normalized spacial score (nSPS) is 10.4. The van der Waals surface area contributed by atoms with Gasteiger partial charge in [0.15, 0.2) is 0 Å². The highest BCUT2D eigenvalue weighted by Gasteiger charge is 1.95. The van der Waals surface area contributed by atoms with Crippen molar-refractivity contribution >= 4 is 21.6 Å². The molecule has 0 saturated heterocycles. The van der Waals surface area contributed by atoms with E-state index in [2.05, 4.69) is 51.6 Å². The minimum Gasteiger partial charge on any atom is -0.399 e. The van der Waals surface area contributed by atoms with E-state index in [9.17, 15) is 0 Å². The minimum atomic E-state index is 0.813. The maximum Gasteiger partial charge on any atom is 0.0317 e. The molecule has 2 aromatic carbocycles. The maximum absolute atomic E-state index is 5.73. The molecule has 0 atom stereocenters. The van der Waals surface area contributed by atoms with Crippen molar-refractivity contribution in [3.63, 3.8) is 0 Å². The molecule has 3 N–H and O–H groups in total. The van der Waals surface area contributed by atoms with Crippen LogP contribution in [0.25, 0.3) is 0 Å². The van der Waals surface area contributed by atoms with Crippen LogP contribution in [-0.4, -0.2) is 0 Å². The Labute approximate surface area is 110 Å². The molecule has 0 fully saturated rings. The van der Waals surface area contributed by atoms with Gasteiger partial charge in [-0.2, -0.15) is 0 Å². The molecule has 2 aromatic rings. The van der Waals surface area contributed by atoms with Gasteiger partial charge in [-0.05, 0) is 35.4 Å². The fraction of sp³-hybridized carbons (Fsp3) is 0.143. The minimum absolute atomic E-state index is 0.813. The average molecular weight is 291 g/mol. The Bertz CT molecular complexity index is 480. The summed E-state index contributed by atoms with van der Waals surface area (Å²) in [5.74, 6) is 0. The van der Waals surface area contributed by atoms with Gasteiger partial charge < -0.3 is 11.1 Å². The Balaban J connectivity index is 1.85. The van der Waals surface area contributed by atoms with Crippen molar-refractivity contribution in [2.45, 2.75) is 13.1 Å². The summed E-state index contributed by atoms with van der Waals surface area (Å²) in [5, 5.41) is 3.39. The standard InChI is InChI=1S/C14H15BrN2/c15-13-6-4-11(5-7-13)9-17-10-12-2-1-3-14(16)8-12/h1-8,17H,9-10,16H2. The van der Waals surface area contributed by atoms with Crippen LogP contribution in [0.3, 0.4) is 0 Å². The highest BCUT2D eigenvalue weighted by molar-refractivity contribution is 9.10. The number of hydrogen-bond acceptors (Lipinski definition) is 2. The van der Waals surface area contributed by atoms with E-state index < -0.39 is 0 Å². The largest absolute Gasteiger partial charge is 0.399 e. The van der Waals surface area contributed by atoms with Crippen LogP contribution in [0.4, 0.5) is 5.69 Å². The molecule has 0 bridgehead atoms. The zero-order valence-electron chi connectivity index (χ0n) is 9.49. The highest BCUT2D eigenvalue weighted by atomic mass is 79.9. The van der Waals surface area contributed by atoms with Gasteiger partial charge in [0, 0.05) is 23.2 Å². The van der Waals surface area contributed by atoms with E-state index in [4.69, 9.17) is 5.73 Å². The number of nitrogens with one attached hydrogen (secondary N) is 1. The van der Waals surface area contributed by atoms with Crippen LogP contribution < -0.4 is 11.1 Å². The number of rotatable bonds is 4. The van der Waals surface area contributed by atoms with E-state index in [1.54, 1.807) is 0 Å². The van der Waals surface area contributed by atoms with Crippen LogP contribution in [-0.2, 0) is 13.1 Å². The Morgan fingerprint density at radius 3 is 2.35 bits per heavy atom. The van der Waals surface area contributed by atoms with Crippen LogP contribution in [0.5, 0.6) is 0 Å². The van der Waals surface area contributed by atoms with E-state index in [-0.39, 0.29) is 0 Å². The Hall–Kier alpha value is -1.32. The summed E-state index contributed by atoms with van der Waals surface area (Å²) in [7, 11) is 0. The molecule has 0 aliphatic heterocycles. The molecular formula is C14H15BrN2. The van der Waals surface area contributed by atoms with Crippen molar-refractivity contribution in [2.24, 2.45) is 0 Å². The maximum atomic E-state index is 5.73. The van der Waals surface area contributed by atoms with Gasteiger partial charge in [0.2, 0.25) is 0 Å². The molecule has 0 radical (unpaired) electrons. The van der Waals surface area contributed by atoms with Gasteiger partial charge in [0.05, 0.1) is 0 Å². The summed E-state index contributed by atoms with van der Waals surface area (Å²) in [6.45, 7) is 1.70. The number of anilines is 1. The second-order valence-corrected chi connectivity index (χ2v) is 4.89. The lowest BCUT2D eigenvalue weighted by Gasteiger charge is -2.06. The lowest BCUT2D eigenvalue weighted by atomic mass is 10.2. The summed E-state index contributed by atoms with van der Waals surface area (Å²) < 4.78 is 1.11. The summed E-state index contributed by atoms with van der Waals surface area (Å²) in [6.07, 6.45) is 0. The fourth-order valence-electron chi connectivity index (χ4n) is 1.66.